The number of halogens is 1. The van der Waals surface area contributed by atoms with E-state index in [0.29, 0.717) is 71.2 Å². The molecule has 0 saturated heterocycles. The maximum Gasteiger partial charge on any atom is 0.412 e. The molecule has 5 aromatic rings. The van der Waals surface area contributed by atoms with Crippen LogP contribution in [0, 0.1) is 12.7 Å². The van der Waals surface area contributed by atoms with Gasteiger partial charge in [0.1, 0.15) is 23.0 Å². The standard InChI is InChI=1S/C30H29FN6O5S/c1-3-40-27-15-34-28-18(9-16(2)10-21(28)36-27)29-37-20-11-19(31)24(12-25(20)43-29)41-22-6-7-23(22)42-30(39)35-17-13-32-26(33-14-17)5-4-8-38/h9-15,22-23,38H,3-8H2,1-2H3,(H,35,39)/t22-,23+/m1/s1. The molecule has 0 unspecified atom stereocenters. The van der Waals surface area contributed by atoms with E-state index >= 15 is 4.39 Å². The first-order valence-corrected chi connectivity index (χ1v) is 14.8. The quantitative estimate of drug-likeness (QED) is 0.206. The number of rotatable bonds is 10. The van der Waals surface area contributed by atoms with Crippen molar-refractivity contribution in [3.63, 3.8) is 0 Å². The van der Waals surface area contributed by atoms with Gasteiger partial charge in [0.15, 0.2) is 11.6 Å². The molecule has 0 spiro atoms. The van der Waals surface area contributed by atoms with E-state index < -0.39 is 24.1 Å². The Kier molecular flexibility index (Phi) is 8.25. The summed E-state index contributed by atoms with van der Waals surface area (Å²) in [5.74, 6) is 0.551. The monoisotopic (exact) mass is 604 g/mol. The van der Waals surface area contributed by atoms with Crippen LogP contribution in [0.5, 0.6) is 11.6 Å². The maximum absolute atomic E-state index is 15.1. The van der Waals surface area contributed by atoms with Crippen molar-refractivity contribution in [2.24, 2.45) is 0 Å². The molecule has 0 radical (unpaired) electrons. The number of nitrogens with zero attached hydrogens (tertiary/aromatic N) is 5. The van der Waals surface area contributed by atoms with Gasteiger partial charge in [0.05, 0.1) is 52.1 Å². The number of aliphatic hydroxyl groups is 1. The fourth-order valence-corrected chi connectivity index (χ4v) is 5.70. The average Bonchev–Trinajstić information content (AvgIpc) is 3.39. The van der Waals surface area contributed by atoms with Gasteiger partial charge in [-0.05, 0) is 50.8 Å². The van der Waals surface area contributed by atoms with Crippen LogP contribution in [0.2, 0.25) is 0 Å². The summed E-state index contributed by atoms with van der Waals surface area (Å²) in [6, 6.07) is 6.91. The lowest BCUT2D eigenvalue weighted by molar-refractivity contribution is -0.0431. The molecule has 43 heavy (non-hydrogen) atoms. The van der Waals surface area contributed by atoms with Crippen molar-refractivity contribution in [3.8, 4) is 22.2 Å². The van der Waals surface area contributed by atoms with Gasteiger partial charge in [-0.1, -0.05) is 0 Å². The number of ether oxygens (including phenoxy) is 3. The Morgan fingerprint density at radius 3 is 2.63 bits per heavy atom. The van der Waals surface area contributed by atoms with Gasteiger partial charge in [0.25, 0.3) is 0 Å². The Balaban J connectivity index is 1.15. The van der Waals surface area contributed by atoms with Crippen LogP contribution in [0.15, 0.2) is 42.9 Å². The minimum atomic E-state index is -0.671. The molecule has 11 nitrogen and oxygen atoms in total. The summed E-state index contributed by atoms with van der Waals surface area (Å²) in [6.07, 6.45) is 5.17. The number of anilines is 1. The highest BCUT2D eigenvalue weighted by atomic mass is 32.1. The number of fused-ring (bicyclic) bond motifs is 2. The summed E-state index contributed by atoms with van der Waals surface area (Å²) in [5.41, 5.74) is 4.05. The number of aliphatic hydroxyl groups excluding tert-OH is 1. The molecular weight excluding hydrogens is 575 g/mol. The van der Waals surface area contributed by atoms with Gasteiger partial charge in [0, 0.05) is 30.7 Å². The Morgan fingerprint density at radius 2 is 1.88 bits per heavy atom. The highest BCUT2D eigenvalue weighted by Crippen LogP contribution is 2.38. The third-order valence-corrected chi connectivity index (χ3v) is 7.98. The minimum absolute atomic E-state index is 0.0557. The van der Waals surface area contributed by atoms with Gasteiger partial charge in [-0.2, -0.15) is 0 Å². The average molecular weight is 605 g/mol. The number of carbonyl (C=O) groups is 1. The van der Waals surface area contributed by atoms with E-state index in [2.05, 4.69) is 30.2 Å². The first-order valence-electron chi connectivity index (χ1n) is 14.0. The molecule has 2 atom stereocenters. The van der Waals surface area contributed by atoms with Crippen molar-refractivity contribution in [1.29, 1.82) is 0 Å². The molecule has 0 aliphatic heterocycles. The van der Waals surface area contributed by atoms with Gasteiger partial charge < -0.3 is 19.3 Å². The molecule has 1 aliphatic carbocycles. The van der Waals surface area contributed by atoms with E-state index in [9.17, 15) is 4.79 Å². The normalized spacial score (nSPS) is 16.2. The number of benzene rings is 2. The predicted molar refractivity (Wildman–Crippen MR) is 159 cm³/mol. The van der Waals surface area contributed by atoms with Crippen LogP contribution in [0.1, 0.15) is 37.6 Å². The summed E-state index contributed by atoms with van der Waals surface area (Å²) < 4.78 is 32.9. The first-order chi connectivity index (χ1) is 20.9. The third kappa shape index (κ3) is 6.32. The van der Waals surface area contributed by atoms with E-state index in [1.165, 1.54) is 29.8 Å². The second-order valence-electron chi connectivity index (χ2n) is 10.1. The van der Waals surface area contributed by atoms with Gasteiger partial charge in [0.2, 0.25) is 5.88 Å². The number of hydrogen-bond acceptors (Lipinski definition) is 11. The summed E-state index contributed by atoms with van der Waals surface area (Å²) >= 11 is 1.41. The largest absolute Gasteiger partial charge is 0.483 e. The fourth-order valence-electron chi connectivity index (χ4n) is 4.71. The Labute approximate surface area is 250 Å². The zero-order valence-corrected chi connectivity index (χ0v) is 24.4. The first kappa shape index (κ1) is 28.6. The Hall–Kier alpha value is -4.49. The van der Waals surface area contributed by atoms with Crippen LogP contribution >= 0.6 is 11.3 Å². The highest BCUT2D eigenvalue weighted by molar-refractivity contribution is 7.21. The molecule has 3 heterocycles. The van der Waals surface area contributed by atoms with Crippen LogP contribution in [-0.4, -0.2) is 61.5 Å². The maximum atomic E-state index is 15.1. The van der Waals surface area contributed by atoms with E-state index in [1.807, 2.05) is 26.0 Å². The highest BCUT2D eigenvalue weighted by Gasteiger charge is 2.37. The van der Waals surface area contributed by atoms with Gasteiger partial charge in [-0.25, -0.2) is 34.1 Å². The lowest BCUT2D eigenvalue weighted by Crippen LogP contribution is -2.45. The van der Waals surface area contributed by atoms with Crippen molar-refractivity contribution < 1.29 is 28.5 Å². The van der Waals surface area contributed by atoms with Crippen molar-refractivity contribution >= 4 is 44.4 Å². The summed E-state index contributed by atoms with van der Waals surface area (Å²) in [6.45, 7) is 4.41. The third-order valence-electron chi connectivity index (χ3n) is 6.93. The molecule has 2 N–H and O–H groups in total. The number of thiazole rings is 1. The van der Waals surface area contributed by atoms with Gasteiger partial charge in [-0.15, -0.1) is 11.3 Å². The second kappa shape index (κ2) is 12.4. The Bertz CT molecular complexity index is 1780. The molecule has 13 heteroatoms. The van der Waals surface area contributed by atoms with Crippen LogP contribution in [-0.2, 0) is 11.2 Å². The molecular formula is C30H29FN6O5S. The van der Waals surface area contributed by atoms with Crippen LogP contribution in [0.4, 0.5) is 14.9 Å². The lowest BCUT2D eigenvalue weighted by atomic mass is 9.92. The van der Waals surface area contributed by atoms with E-state index in [1.54, 1.807) is 12.3 Å². The number of carbonyl (C=O) groups excluding carboxylic acids is 1. The van der Waals surface area contributed by atoms with Gasteiger partial charge >= 0.3 is 6.09 Å². The number of aryl methyl sites for hydroxylation is 2. The number of aromatic nitrogens is 5. The molecule has 6 rings (SSSR count). The summed E-state index contributed by atoms with van der Waals surface area (Å²) in [5, 5.41) is 12.2. The van der Waals surface area contributed by atoms with Crippen molar-refractivity contribution in [2.75, 3.05) is 18.5 Å². The number of amides is 1. The van der Waals surface area contributed by atoms with E-state index in [4.69, 9.17) is 19.3 Å². The van der Waals surface area contributed by atoms with Crippen molar-refractivity contribution in [2.45, 2.75) is 51.7 Å². The van der Waals surface area contributed by atoms with E-state index in [-0.39, 0.29) is 12.4 Å². The molecule has 2 aromatic carbocycles. The minimum Gasteiger partial charge on any atom is -0.483 e. The summed E-state index contributed by atoms with van der Waals surface area (Å²) in [4.78, 5) is 34.6. The molecule has 222 valence electrons. The topological polar surface area (TPSA) is 141 Å². The Morgan fingerprint density at radius 1 is 1.07 bits per heavy atom. The van der Waals surface area contributed by atoms with Crippen LogP contribution < -0.4 is 14.8 Å². The molecule has 1 aliphatic rings. The molecule has 1 fully saturated rings. The molecule has 1 saturated carbocycles. The fraction of sp³-hybridized carbons (Fsp3) is 0.333. The zero-order valence-electron chi connectivity index (χ0n) is 23.5. The predicted octanol–water partition coefficient (Wildman–Crippen LogP) is 5.63. The van der Waals surface area contributed by atoms with E-state index in [0.717, 1.165) is 15.8 Å². The number of hydrogen-bond donors (Lipinski definition) is 2. The van der Waals surface area contributed by atoms with Crippen LogP contribution in [0.25, 0.3) is 31.8 Å². The smallest absolute Gasteiger partial charge is 0.412 e. The molecule has 3 aromatic heterocycles. The van der Waals surface area contributed by atoms with Crippen LogP contribution in [0.3, 0.4) is 0 Å². The number of nitrogens with one attached hydrogen (secondary N) is 1. The zero-order chi connectivity index (χ0) is 29.9. The molecule has 0 bridgehead atoms. The second-order valence-corrected chi connectivity index (χ2v) is 11.1. The van der Waals surface area contributed by atoms with Crippen molar-refractivity contribution in [3.05, 3.63) is 60.1 Å². The van der Waals surface area contributed by atoms with Crippen molar-refractivity contribution in [1.82, 2.24) is 24.9 Å². The molecule has 1 amide bonds. The SMILES string of the molecule is CCOc1cnc2c(-c3nc4cc(F)c(O[C@@H]5CC[C@@H]5OC(=O)Nc5cnc(CCCO)nc5)cc4s3)cc(C)cc2n1. The summed E-state index contributed by atoms with van der Waals surface area (Å²) in [7, 11) is 0. The lowest BCUT2D eigenvalue weighted by Gasteiger charge is -2.35. The van der Waals surface area contributed by atoms with Gasteiger partial charge in [-0.3, -0.25) is 5.32 Å².